The minimum absolute atomic E-state index is 0.356. The average molecular weight is 287 g/mol. The van der Waals surface area contributed by atoms with E-state index in [9.17, 15) is 0 Å². The van der Waals surface area contributed by atoms with Crippen molar-refractivity contribution in [1.82, 2.24) is 0 Å². The van der Waals surface area contributed by atoms with Gasteiger partial charge in [0, 0.05) is 6.54 Å². The summed E-state index contributed by atoms with van der Waals surface area (Å²) in [5.41, 5.74) is 7.55. The SMILES string of the molecule is COc1c(NCC(C)c2ccccc2)sc(C#N)c1N. The number of hydrogen-bond donors (Lipinski definition) is 2. The maximum atomic E-state index is 9.00. The minimum Gasteiger partial charge on any atom is -0.492 e. The van der Waals surface area contributed by atoms with Crippen LogP contribution >= 0.6 is 11.3 Å². The van der Waals surface area contributed by atoms with E-state index in [1.165, 1.54) is 16.9 Å². The maximum absolute atomic E-state index is 9.00. The van der Waals surface area contributed by atoms with Crippen LogP contribution in [0.25, 0.3) is 0 Å². The number of nitriles is 1. The Hall–Kier alpha value is -2.19. The normalized spacial score (nSPS) is 11.7. The Balaban J connectivity index is 2.10. The zero-order valence-electron chi connectivity index (χ0n) is 11.5. The fraction of sp³-hybridized carbons (Fsp3) is 0.267. The van der Waals surface area contributed by atoms with Gasteiger partial charge in [0.25, 0.3) is 0 Å². The van der Waals surface area contributed by atoms with Gasteiger partial charge >= 0.3 is 0 Å². The van der Waals surface area contributed by atoms with Crippen molar-refractivity contribution in [3.8, 4) is 11.8 Å². The number of hydrogen-bond acceptors (Lipinski definition) is 5. The van der Waals surface area contributed by atoms with Gasteiger partial charge in [0.1, 0.15) is 21.6 Å². The lowest BCUT2D eigenvalue weighted by Gasteiger charge is -2.13. The fourth-order valence-electron chi connectivity index (χ4n) is 1.98. The van der Waals surface area contributed by atoms with Gasteiger partial charge in [0.2, 0.25) is 0 Å². The maximum Gasteiger partial charge on any atom is 0.177 e. The summed E-state index contributed by atoms with van der Waals surface area (Å²) >= 11 is 1.33. The molecule has 0 aliphatic carbocycles. The lowest BCUT2D eigenvalue weighted by molar-refractivity contribution is 0.420. The zero-order chi connectivity index (χ0) is 14.5. The molecule has 1 atom stereocenters. The molecule has 0 radical (unpaired) electrons. The van der Waals surface area contributed by atoms with Crippen molar-refractivity contribution in [2.45, 2.75) is 12.8 Å². The summed E-state index contributed by atoms with van der Waals surface area (Å²) in [7, 11) is 1.56. The van der Waals surface area contributed by atoms with E-state index in [2.05, 4.69) is 30.4 Å². The first kappa shape index (κ1) is 14.2. The van der Waals surface area contributed by atoms with Crippen molar-refractivity contribution in [3.63, 3.8) is 0 Å². The van der Waals surface area contributed by atoms with E-state index in [0.29, 0.717) is 22.2 Å². The third-order valence-electron chi connectivity index (χ3n) is 3.14. The summed E-state index contributed by atoms with van der Waals surface area (Å²) in [4.78, 5) is 0.483. The van der Waals surface area contributed by atoms with Crippen LogP contribution in [0, 0.1) is 11.3 Å². The highest BCUT2D eigenvalue weighted by Gasteiger charge is 2.17. The summed E-state index contributed by atoms with van der Waals surface area (Å²) in [6, 6.07) is 12.4. The topological polar surface area (TPSA) is 71.1 Å². The van der Waals surface area contributed by atoms with Crippen LogP contribution in [0.5, 0.6) is 5.75 Å². The number of rotatable bonds is 5. The Morgan fingerprint density at radius 1 is 1.40 bits per heavy atom. The van der Waals surface area contributed by atoms with Gasteiger partial charge in [-0.25, -0.2) is 0 Å². The van der Waals surface area contributed by atoms with Gasteiger partial charge in [-0.2, -0.15) is 5.26 Å². The second-order valence-electron chi connectivity index (χ2n) is 4.51. The van der Waals surface area contributed by atoms with Gasteiger partial charge in [-0.15, -0.1) is 11.3 Å². The molecule has 0 saturated carbocycles. The molecule has 1 aromatic carbocycles. The first-order valence-corrected chi connectivity index (χ1v) is 7.14. The quantitative estimate of drug-likeness (QED) is 0.884. The minimum atomic E-state index is 0.356. The lowest BCUT2D eigenvalue weighted by atomic mass is 10.0. The molecule has 4 nitrogen and oxygen atoms in total. The summed E-state index contributed by atoms with van der Waals surface area (Å²) < 4.78 is 5.27. The molecule has 1 unspecified atom stereocenters. The smallest absolute Gasteiger partial charge is 0.177 e. The highest BCUT2D eigenvalue weighted by molar-refractivity contribution is 7.17. The summed E-state index contributed by atoms with van der Waals surface area (Å²) in [5, 5.41) is 13.1. The predicted molar refractivity (Wildman–Crippen MR) is 83.3 cm³/mol. The molecule has 1 aromatic heterocycles. The van der Waals surface area contributed by atoms with Crippen LogP contribution in [0.1, 0.15) is 23.3 Å². The number of nitrogen functional groups attached to an aromatic ring is 1. The van der Waals surface area contributed by atoms with Gasteiger partial charge in [0.15, 0.2) is 5.75 Å². The molecule has 2 aromatic rings. The molecule has 5 heteroatoms. The third kappa shape index (κ3) is 2.86. The molecular formula is C15H17N3OS. The van der Waals surface area contributed by atoms with Gasteiger partial charge < -0.3 is 15.8 Å². The van der Waals surface area contributed by atoms with Crippen LogP contribution in [0.3, 0.4) is 0 Å². The van der Waals surface area contributed by atoms with E-state index in [0.717, 1.165) is 11.5 Å². The molecule has 20 heavy (non-hydrogen) atoms. The molecule has 3 N–H and O–H groups in total. The summed E-state index contributed by atoms with van der Waals surface area (Å²) in [5.74, 6) is 0.918. The molecule has 0 aliphatic rings. The monoisotopic (exact) mass is 287 g/mol. The third-order valence-corrected chi connectivity index (χ3v) is 4.19. The van der Waals surface area contributed by atoms with E-state index >= 15 is 0 Å². The summed E-state index contributed by atoms with van der Waals surface area (Å²) in [6.07, 6.45) is 0. The molecule has 0 amide bonds. The Kier molecular flexibility index (Phi) is 4.49. The van der Waals surface area contributed by atoms with Crippen molar-refractivity contribution in [3.05, 3.63) is 40.8 Å². The number of methoxy groups -OCH3 is 1. The number of anilines is 2. The van der Waals surface area contributed by atoms with Crippen LogP contribution in [0.4, 0.5) is 10.7 Å². The van der Waals surface area contributed by atoms with E-state index in [4.69, 9.17) is 15.7 Å². The Morgan fingerprint density at radius 2 is 2.10 bits per heavy atom. The number of nitrogens with two attached hydrogens (primary N) is 1. The van der Waals surface area contributed by atoms with Gasteiger partial charge in [-0.1, -0.05) is 37.3 Å². The van der Waals surface area contributed by atoms with Crippen molar-refractivity contribution >= 4 is 22.0 Å². The highest BCUT2D eigenvalue weighted by atomic mass is 32.1. The van der Waals surface area contributed by atoms with E-state index in [-0.39, 0.29) is 0 Å². The van der Waals surface area contributed by atoms with Crippen LogP contribution < -0.4 is 15.8 Å². The van der Waals surface area contributed by atoms with Crippen LogP contribution in [-0.2, 0) is 0 Å². The fourth-order valence-corrected chi connectivity index (χ4v) is 2.87. The molecule has 0 bridgehead atoms. The highest BCUT2D eigenvalue weighted by Crippen LogP contribution is 2.42. The Morgan fingerprint density at radius 3 is 2.70 bits per heavy atom. The van der Waals surface area contributed by atoms with Crippen LogP contribution in [-0.4, -0.2) is 13.7 Å². The molecular weight excluding hydrogens is 270 g/mol. The van der Waals surface area contributed by atoms with Crippen molar-refractivity contribution < 1.29 is 4.74 Å². The number of thiophene rings is 1. The second kappa shape index (κ2) is 6.31. The number of benzene rings is 1. The largest absolute Gasteiger partial charge is 0.492 e. The lowest BCUT2D eigenvalue weighted by Crippen LogP contribution is -2.09. The number of nitrogens with one attached hydrogen (secondary N) is 1. The van der Waals surface area contributed by atoms with Crippen LogP contribution in [0.2, 0.25) is 0 Å². The Labute approximate surface area is 122 Å². The Bertz CT molecular complexity index is 616. The predicted octanol–water partition coefficient (Wildman–Crippen LogP) is 3.43. The molecule has 2 rings (SSSR count). The first-order valence-electron chi connectivity index (χ1n) is 6.32. The van der Waals surface area contributed by atoms with Gasteiger partial charge in [-0.3, -0.25) is 0 Å². The van der Waals surface area contributed by atoms with Gasteiger partial charge in [-0.05, 0) is 11.5 Å². The summed E-state index contributed by atoms with van der Waals surface area (Å²) in [6.45, 7) is 2.90. The molecule has 0 saturated heterocycles. The molecule has 1 heterocycles. The van der Waals surface area contributed by atoms with E-state index in [1.54, 1.807) is 7.11 Å². The van der Waals surface area contributed by atoms with E-state index in [1.807, 2.05) is 18.2 Å². The second-order valence-corrected chi connectivity index (χ2v) is 5.53. The van der Waals surface area contributed by atoms with E-state index < -0.39 is 0 Å². The number of ether oxygens (including phenoxy) is 1. The molecule has 0 aliphatic heterocycles. The van der Waals surface area contributed by atoms with Crippen LogP contribution in [0.15, 0.2) is 30.3 Å². The van der Waals surface area contributed by atoms with Crippen molar-refractivity contribution in [2.24, 2.45) is 0 Å². The molecule has 0 spiro atoms. The van der Waals surface area contributed by atoms with Crippen molar-refractivity contribution in [1.29, 1.82) is 5.26 Å². The molecule has 0 fully saturated rings. The average Bonchev–Trinajstić information content (AvgIpc) is 2.81. The van der Waals surface area contributed by atoms with Gasteiger partial charge in [0.05, 0.1) is 7.11 Å². The first-order chi connectivity index (χ1) is 9.67. The van der Waals surface area contributed by atoms with Crippen molar-refractivity contribution in [2.75, 3.05) is 24.7 Å². The standard InChI is InChI=1S/C15H17N3OS/c1-10(11-6-4-3-5-7-11)9-18-15-14(19-2)13(17)12(8-16)20-15/h3-7,10,18H,9,17H2,1-2H3. The number of nitrogens with zero attached hydrogens (tertiary/aromatic N) is 1. The zero-order valence-corrected chi connectivity index (χ0v) is 12.3. The molecule has 104 valence electrons.